The Kier molecular flexibility index (Phi) is 2.94. The summed E-state index contributed by atoms with van der Waals surface area (Å²) in [5.74, 6) is 1.03. The van der Waals surface area contributed by atoms with Crippen LogP contribution in [0.1, 0.15) is 26.8 Å². The summed E-state index contributed by atoms with van der Waals surface area (Å²) in [7, 11) is 0. The molecule has 0 amide bonds. The lowest BCUT2D eigenvalue weighted by molar-refractivity contribution is 0.111. The van der Waals surface area contributed by atoms with Gasteiger partial charge in [0.15, 0.2) is 12.1 Å². The molecule has 0 saturated carbocycles. The number of rotatable bonds is 3. The number of thiophene rings is 1. The summed E-state index contributed by atoms with van der Waals surface area (Å²) in [4.78, 5) is 21.4. The van der Waals surface area contributed by atoms with E-state index in [1.807, 2.05) is 13.8 Å². The molecular weight excluding hydrogens is 276 g/mol. The lowest BCUT2D eigenvalue weighted by atomic mass is 10.2. The van der Waals surface area contributed by atoms with E-state index in [0.29, 0.717) is 24.5 Å². The second-order valence-electron chi connectivity index (χ2n) is 4.45. The lowest BCUT2D eigenvalue weighted by Gasteiger charge is -2.02. The molecule has 0 aliphatic heterocycles. The van der Waals surface area contributed by atoms with Crippen molar-refractivity contribution in [3.63, 3.8) is 0 Å². The van der Waals surface area contributed by atoms with Crippen molar-refractivity contribution in [2.45, 2.75) is 20.4 Å². The van der Waals surface area contributed by atoms with Crippen molar-refractivity contribution in [1.29, 1.82) is 0 Å². The van der Waals surface area contributed by atoms with Crippen LogP contribution in [0.3, 0.4) is 0 Å². The van der Waals surface area contributed by atoms with Crippen LogP contribution < -0.4 is 5.73 Å². The smallest absolute Gasteiger partial charge is 0.171 e. The summed E-state index contributed by atoms with van der Waals surface area (Å²) in [5.41, 5.74) is 7.41. The quantitative estimate of drug-likeness (QED) is 0.730. The average molecular weight is 288 g/mol. The number of aryl methyl sites for hydroxylation is 2. The van der Waals surface area contributed by atoms with Gasteiger partial charge in [-0.1, -0.05) is 5.21 Å². The van der Waals surface area contributed by atoms with Crippen LogP contribution in [0.2, 0.25) is 0 Å². The first-order valence-corrected chi connectivity index (χ1v) is 6.77. The Morgan fingerprint density at radius 2 is 2.20 bits per heavy atom. The Bertz CT molecular complexity index is 806. The van der Waals surface area contributed by atoms with Gasteiger partial charge in [0.1, 0.15) is 22.9 Å². The molecule has 0 atom stereocenters. The van der Waals surface area contributed by atoms with Crippen LogP contribution in [0.25, 0.3) is 10.2 Å². The fraction of sp³-hybridized carbons (Fsp3) is 0.250. The van der Waals surface area contributed by atoms with Gasteiger partial charge in [-0.2, -0.15) is 0 Å². The predicted molar refractivity (Wildman–Crippen MR) is 75.8 cm³/mol. The van der Waals surface area contributed by atoms with Gasteiger partial charge in [-0.3, -0.25) is 4.79 Å². The van der Waals surface area contributed by atoms with Gasteiger partial charge in [0, 0.05) is 4.88 Å². The minimum atomic E-state index is 0.280. The van der Waals surface area contributed by atoms with Crippen molar-refractivity contribution >= 4 is 33.7 Å². The number of fused-ring (bicyclic) bond motifs is 1. The fourth-order valence-electron chi connectivity index (χ4n) is 1.99. The Morgan fingerprint density at radius 3 is 2.90 bits per heavy atom. The summed E-state index contributed by atoms with van der Waals surface area (Å²) < 4.78 is 1.51. The van der Waals surface area contributed by atoms with Crippen LogP contribution in [-0.2, 0) is 6.54 Å². The van der Waals surface area contributed by atoms with Gasteiger partial charge in [-0.25, -0.2) is 14.6 Å². The number of hydrogen-bond donors (Lipinski definition) is 1. The summed E-state index contributed by atoms with van der Waals surface area (Å²) in [6, 6.07) is 0. The zero-order valence-electron chi connectivity index (χ0n) is 11.0. The second kappa shape index (κ2) is 4.64. The van der Waals surface area contributed by atoms with Crippen LogP contribution in [0.5, 0.6) is 0 Å². The highest BCUT2D eigenvalue weighted by Crippen LogP contribution is 2.31. The van der Waals surface area contributed by atoms with Crippen molar-refractivity contribution in [2.24, 2.45) is 0 Å². The van der Waals surface area contributed by atoms with E-state index in [0.717, 1.165) is 15.8 Å². The van der Waals surface area contributed by atoms with E-state index in [-0.39, 0.29) is 5.69 Å². The number of nitrogens with two attached hydrogens (primary N) is 1. The molecule has 0 aromatic carbocycles. The molecule has 0 spiro atoms. The summed E-state index contributed by atoms with van der Waals surface area (Å²) in [6.07, 6.45) is 2.19. The first kappa shape index (κ1) is 12.7. The molecular formula is C12H12N6OS. The second-order valence-corrected chi connectivity index (χ2v) is 5.65. The molecule has 0 radical (unpaired) electrons. The topological polar surface area (TPSA) is 99.6 Å². The van der Waals surface area contributed by atoms with Gasteiger partial charge >= 0.3 is 0 Å². The van der Waals surface area contributed by atoms with E-state index in [1.165, 1.54) is 9.56 Å². The van der Waals surface area contributed by atoms with E-state index in [2.05, 4.69) is 20.3 Å². The maximum atomic E-state index is 10.6. The van der Waals surface area contributed by atoms with Crippen LogP contribution in [0.4, 0.5) is 5.82 Å². The molecule has 0 aliphatic rings. The SMILES string of the molecule is Cc1sc2nc(Cn3cc(C=O)nn3)nc(N)c2c1C. The first-order chi connectivity index (χ1) is 9.58. The van der Waals surface area contributed by atoms with Crippen LogP contribution >= 0.6 is 11.3 Å². The van der Waals surface area contributed by atoms with Gasteiger partial charge in [0.25, 0.3) is 0 Å². The Morgan fingerprint density at radius 1 is 1.40 bits per heavy atom. The highest BCUT2D eigenvalue weighted by atomic mass is 32.1. The molecule has 0 fully saturated rings. The first-order valence-electron chi connectivity index (χ1n) is 5.96. The van der Waals surface area contributed by atoms with E-state index < -0.39 is 0 Å². The van der Waals surface area contributed by atoms with Gasteiger partial charge in [0.05, 0.1) is 11.6 Å². The van der Waals surface area contributed by atoms with Crippen molar-refractivity contribution in [3.8, 4) is 0 Å². The number of anilines is 1. The van der Waals surface area contributed by atoms with Crippen molar-refractivity contribution in [3.05, 3.63) is 28.2 Å². The average Bonchev–Trinajstić information content (AvgIpc) is 2.95. The third-order valence-corrected chi connectivity index (χ3v) is 4.18. The third kappa shape index (κ3) is 2.03. The number of carbonyl (C=O) groups excluding carboxylic acids is 1. The molecule has 8 heteroatoms. The van der Waals surface area contributed by atoms with Crippen molar-refractivity contribution in [1.82, 2.24) is 25.0 Å². The Labute approximate surface area is 118 Å². The monoisotopic (exact) mass is 288 g/mol. The zero-order valence-corrected chi connectivity index (χ0v) is 11.8. The van der Waals surface area contributed by atoms with Gasteiger partial charge in [0.2, 0.25) is 0 Å². The molecule has 0 bridgehead atoms. The molecule has 3 aromatic heterocycles. The molecule has 20 heavy (non-hydrogen) atoms. The largest absolute Gasteiger partial charge is 0.383 e. The van der Waals surface area contributed by atoms with E-state index in [4.69, 9.17) is 5.73 Å². The van der Waals surface area contributed by atoms with Crippen LogP contribution in [0, 0.1) is 13.8 Å². The maximum Gasteiger partial charge on any atom is 0.171 e. The summed E-state index contributed by atoms with van der Waals surface area (Å²) >= 11 is 1.59. The molecule has 102 valence electrons. The minimum Gasteiger partial charge on any atom is -0.383 e. The molecule has 3 rings (SSSR count). The number of aldehydes is 1. The molecule has 0 unspecified atom stereocenters. The van der Waals surface area contributed by atoms with Crippen molar-refractivity contribution in [2.75, 3.05) is 5.73 Å². The number of nitrogen functional groups attached to an aromatic ring is 1. The number of hydrogen-bond acceptors (Lipinski definition) is 7. The molecule has 3 aromatic rings. The molecule has 0 aliphatic carbocycles. The highest BCUT2D eigenvalue weighted by Gasteiger charge is 2.13. The number of aromatic nitrogens is 5. The Balaban J connectivity index is 2.02. The van der Waals surface area contributed by atoms with E-state index in [1.54, 1.807) is 17.5 Å². The molecule has 7 nitrogen and oxygen atoms in total. The van der Waals surface area contributed by atoms with Crippen molar-refractivity contribution < 1.29 is 4.79 Å². The zero-order chi connectivity index (χ0) is 14.3. The third-order valence-electron chi connectivity index (χ3n) is 3.08. The van der Waals surface area contributed by atoms with E-state index in [9.17, 15) is 4.79 Å². The summed E-state index contributed by atoms with van der Waals surface area (Å²) in [6.45, 7) is 4.38. The predicted octanol–water partition coefficient (Wildman–Crippen LogP) is 1.34. The Hall–Kier alpha value is -2.35. The molecule has 2 N–H and O–H groups in total. The molecule has 3 heterocycles. The highest BCUT2D eigenvalue weighted by molar-refractivity contribution is 7.18. The van der Waals surface area contributed by atoms with Gasteiger partial charge in [-0.15, -0.1) is 16.4 Å². The summed E-state index contributed by atoms with van der Waals surface area (Å²) in [5, 5.41) is 8.45. The molecule has 0 saturated heterocycles. The maximum absolute atomic E-state index is 10.6. The van der Waals surface area contributed by atoms with Gasteiger partial charge < -0.3 is 5.73 Å². The standard InChI is InChI=1S/C12H12N6OS/c1-6-7(2)20-12-10(6)11(13)14-9(15-12)4-18-3-8(5-19)16-17-18/h3,5H,4H2,1-2H3,(H2,13,14,15). The normalized spacial score (nSPS) is 11.1. The van der Waals surface area contributed by atoms with E-state index >= 15 is 0 Å². The van der Waals surface area contributed by atoms with Crippen LogP contribution in [0.15, 0.2) is 6.20 Å². The van der Waals surface area contributed by atoms with Crippen LogP contribution in [-0.4, -0.2) is 31.2 Å². The lowest BCUT2D eigenvalue weighted by Crippen LogP contribution is -2.07. The number of carbonyl (C=O) groups is 1. The number of nitrogens with zero attached hydrogens (tertiary/aromatic N) is 5. The fourth-order valence-corrected chi connectivity index (χ4v) is 3.04. The van der Waals surface area contributed by atoms with Gasteiger partial charge in [-0.05, 0) is 19.4 Å². The minimum absolute atomic E-state index is 0.280.